The standard InChI is InChI=1S/C19H24N2O4S/c1-4-25-17-11-9-16(10-12-17)20-19(22)13-14-21(26(3,23)24)18-8-6-5-7-15(18)2/h5-12H,4,13-14H2,1-3H3,(H,20,22). The summed E-state index contributed by atoms with van der Waals surface area (Å²) in [4.78, 5) is 12.2. The second-order valence-corrected chi connectivity index (χ2v) is 7.78. The van der Waals surface area contributed by atoms with Gasteiger partial charge in [0.05, 0.1) is 18.6 Å². The van der Waals surface area contributed by atoms with E-state index in [1.165, 1.54) is 4.31 Å². The Kier molecular flexibility index (Phi) is 6.63. The molecule has 0 radical (unpaired) electrons. The van der Waals surface area contributed by atoms with Crippen LogP contribution in [0.2, 0.25) is 0 Å². The highest BCUT2D eigenvalue weighted by molar-refractivity contribution is 7.92. The first-order chi connectivity index (χ1) is 12.3. The van der Waals surface area contributed by atoms with Crippen molar-refractivity contribution in [2.24, 2.45) is 0 Å². The van der Waals surface area contributed by atoms with Crippen LogP contribution in [0.3, 0.4) is 0 Å². The Bertz CT molecular complexity index is 848. The monoisotopic (exact) mass is 376 g/mol. The maximum atomic E-state index is 12.2. The summed E-state index contributed by atoms with van der Waals surface area (Å²) in [5.74, 6) is 0.477. The zero-order chi connectivity index (χ0) is 19.2. The molecule has 2 aromatic carbocycles. The molecule has 26 heavy (non-hydrogen) atoms. The number of anilines is 2. The van der Waals surface area contributed by atoms with Gasteiger partial charge >= 0.3 is 0 Å². The third kappa shape index (κ3) is 5.49. The van der Waals surface area contributed by atoms with Crippen molar-refractivity contribution in [2.75, 3.05) is 29.0 Å². The summed E-state index contributed by atoms with van der Waals surface area (Å²) in [6.45, 7) is 4.39. The zero-order valence-electron chi connectivity index (χ0n) is 15.2. The molecule has 0 fully saturated rings. The summed E-state index contributed by atoms with van der Waals surface area (Å²) in [7, 11) is -3.48. The van der Waals surface area contributed by atoms with Gasteiger partial charge in [-0.05, 0) is 49.7 Å². The molecule has 0 atom stereocenters. The van der Waals surface area contributed by atoms with E-state index in [0.717, 1.165) is 17.6 Å². The summed E-state index contributed by atoms with van der Waals surface area (Å²) in [5, 5.41) is 2.77. The summed E-state index contributed by atoms with van der Waals surface area (Å²) in [6.07, 6.45) is 1.19. The highest BCUT2D eigenvalue weighted by Crippen LogP contribution is 2.22. The van der Waals surface area contributed by atoms with Crippen molar-refractivity contribution in [1.29, 1.82) is 0 Å². The van der Waals surface area contributed by atoms with Crippen LogP contribution in [-0.4, -0.2) is 33.7 Å². The molecule has 1 amide bonds. The van der Waals surface area contributed by atoms with E-state index >= 15 is 0 Å². The van der Waals surface area contributed by atoms with Gasteiger partial charge in [0, 0.05) is 18.7 Å². The van der Waals surface area contributed by atoms with Crippen LogP contribution in [0, 0.1) is 6.92 Å². The van der Waals surface area contributed by atoms with Crippen molar-refractivity contribution in [2.45, 2.75) is 20.3 Å². The lowest BCUT2D eigenvalue weighted by Gasteiger charge is -2.23. The van der Waals surface area contributed by atoms with E-state index in [2.05, 4.69) is 5.32 Å². The Hall–Kier alpha value is -2.54. The molecule has 6 nitrogen and oxygen atoms in total. The van der Waals surface area contributed by atoms with E-state index < -0.39 is 10.0 Å². The molecule has 0 aliphatic heterocycles. The van der Waals surface area contributed by atoms with Gasteiger partial charge in [-0.2, -0.15) is 0 Å². The molecule has 7 heteroatoms. The smallest absolute Gasteiger partial charge is 0.232 e. The lowest BCUT2D eigenvalue weighted by Crippen LogP contribution is -2.33. The van der Waals surface area contributed by atoms with Crippen molar-refractivity contribution >= 4 is 27.3 Å². The molecule has 2 aromatic rings. The van der Waals surface area contributed by atoms with Crippen LogP contribution in [0.5, 0.6) is 5.75 Å². The lowest BCUT2D eigenvalue weighted by molar-refractivity contribution is -0.116. The number of benzene rings is 2. The number of nitrogens with one attached hydrogen (secondary N) is 1. The number of hydrogen-bond acceptors (Lipinski definition) is 4. The average Bonchev–Trinajstić information content (AvgIpc) is 2.57. The van der Waals surface area contributed by atoms with Crippen molar-refractivity contribution in [3.8, 4) is 5.75 Å². The van der Waals surface area contributed by atoms with Gasteiger partial charge in [0.15, 0.2) is 0 Å². The predicted molar refractivity (Wildman–Crippen MR) is 104 cm³/mol. The normalized spacial score (nSPS) is 11.0. The summed E-state index contributed by atoms with van der Waals surface area (Å²) in [6, 6.07) is 14.2. The second kappa shape index (κ2) is 8.71. The van der Waals surface area contributed by atoms with Crippen molar-refractivity contribution in [3.05, 3.63) is 54.1 Å². The van der Waals surface area contributed by atoms with Crippen LogP contribution in [0.25, 0.3) is 0 Å². The fourth-order valence-corrected chi connectivity index (χ4v) is 3.52. The molecule has 0 saturated heterocycles. The van der Waals surface area contributed by atoms with Gasteiger partial charge in [-0.15, -0.1) is 0 Å². The number of amides is 1. The van der Waals surface area contributed by atoms with Gasteiger partial charge in [-0.1, -0.05) is 18.2 Å². The third-order valence-electron chi connectivity index (χ3n) is 3.78. The van der Waals surface area contributed by atoms with Crippen LogP contribution < -0.4 is 14.4 Å². The van der Waals surface area contributed by atoms with Crippen molar-refractivity contribution < 1.29 is 17.9 Å². The fraction of sp³-hybridized carbons (Fsp3) is 0.316. The van der Waals surface area contributed by atoms with Crippen LogP contribution in [0.1, 0.15) is 18.9 Å². The molecular weight excluding hydrogens is 352 g/mol. The molecule has 0 spiro atoms. The van der Waals surface area contributed by atoms with Gasteiger partial charge in [-0.25, -0.2) is 8.42 Å². The molecule has 0 saturated carbocycles. The number of carbonyl (C=O) groups is 1. The molecule has 2 rings (SSSR count). The number of rotatable bonds is 8. The maximum Gasteiger partial charge on any atom is 0.232 e. The van der Waals surface area contributed by atoms with Crippen LogP contribution in [0.15, 0.2) is 48.5 Å². The first-order valence-corrected chi connectivity index (χ1v) is 10.2. The van der Waals surface area contributed by atoms with E-state index in [1.807, 2.05) is 26.0 Å². The number of hydrogen-bond donors (Lipinski definition) is 1. The van der Waals surface area contributed by atoms with E-state index in [1.54, 1.807) is 36.4 Å². The predicted octanol–water partition coefficient (Wildman–Crippen LogP) is 3.19. The summed E-state index contributed by atoms with van der Waals surface area (Å²) >= 11 is 0. The number of sulfonamides is 1. The minimum atomic E-state index is -3.48. The van der Waals surface area contributed by atoms with Gasteiger partial charge in [0.1, 0.15) is 5.75 Å². The molecule has 0 aliphatic rings. The summed E-state index contributed by atoms with van der Waals surface area (Å²) in [5.41, 5.74) is 2.06. The van der Waals surface area contributed by atoms with Gasteiger partial charge in [-0.3, -0.25) is 9.10 Å². The number of nitrogens with zero attached hydrogens (tertiary/aromatic N) is 1. The Balaban J connectivity index is 2.02. The Labute approximate surface area is 154 Å². The Morgan fingerprint density at radius 2 is 1.77 bits per heavy atom. The number of para-hydroxylation sites is 1. The number of ether oxygens (including phenoxy) is 1. The highest BCUT2D eigenvalue weighted by atomic mass is 32.2. The molecule has 0 aromatic heterocycles. The Morgan fingerprint density at radius 3 is 2.35 bits per heavy atom. The summed E-state index contributed by atoms with van der Waals surface area (Å²) < 4.78 is 30.9. The van der Waals surface area contributed by atoms with E-state index in [0.29, 0.717) is 18.0 Å². The quantitative estimate of drug-likeness (QED) is 0.768. The van der Waals surface area contributed by atoms with Crippen LogP contribution in [0.4, 0.5) is 11.4 Å². The molecule has 0 bridgehead atoms. The lowest BCUT2D eigenvalue weighted by atomic mass is 10.2. The number of aryl methyl sites for hydroxylation is 1. The van der Waals surface area contributed by atoms with E-state index in [-0.39, 0.29) is 18.9 Å². The minimum absolute atomic E-state index is 0.0502. The topological polar surface area (TPSA) is 75.7 Å². The largest absolute Gasteiger partial charge is 0.494 e. The minimum Gasteiger partial charge on any atom is -0.494 e. The van der Waals surface area contributed by atoms with Crippen LogP contribution in [-0.2, 0) is 14.8 Å². The second-order valence-electron chi connectivity index (χ2n) is 5.88. The Morgan fingerprint density at radius 1 is 1.12 bits per heavy atom. The first-order valence-electron chi connectivity index (χ1n) is 8.37. The van der Waals surface area contributed by atoms with Crippen molar-refractivity contribution in [3.63, 3.8) is 0 Å². The highest BCUT2D eigenvalue weighted by Gasteiger charge is 2.20. The SMILES string of the molecule is CCOc1ccc(NC(=O)CCN(c2ccccc2C)S(C)(=O)=O)cc1. The molecule has 0 heterocycles. The van der Waals surface area contributed by atoms with E-state index in [9.17, 15) is 13.2 Å². The zero-order valence-corrected chi connectivity index (χ0v) is 16.0. The fourth-order valence-electron chi connectivity index (χ4n) is 2.54. The molecular formula is C19H24N2O4S. The van der Waals surface area contributed by atoms with Gasteiger partial charge in [0.2, 0.25) is 15.9 Å². The maximum absolute atomic E-state index is 12.2. The van der Waals surface area contributed by atoms with Crippen LogP contribution >= 0.6 is 0 Å². The number of carbonyl (C=O) groups excluding carboxylic acids is 1. The molecule has 0 unspecified atom stereocenters. The van der Waals surface area contributed by atoms with Gasteiger partial charge in [0.25, 0.3) is 0 Å². The first kappa shape index (κ1) is 19.8. The van der Waals surface area contributed by atoms with E-state index in [4.69, 9.17) is 4.74 Å². The average molecular weight is 376 g/mol. The third-order valence-corrected chi connectivity index (χ3v) is 4.96. The van der Waals surface area contributed by atoms with Crippen molar-refractivity contribution in [1.82, 2.24) is 0 Å². The molecule has 140 valence electrons. The van der Waals surface area contributed by atoms with Gasteiger partial charge < -0.3 is 10.1 Å². The molecule has 1 N–H and O–H groups in total. The molecule has 0 aliphatic carbocycles.